The molecule has 2 bridgehead atoms. The van der Waals surface area contributed by atoms with Gasteiger partial charge in [-0.05, 0) is 202 Å². The van der Waals surface area contributed by atoms with Crippen molar-refractivity contribution >= 4 is 23.9 Å². The molecule has 0 aliphatic heterocycles. The lowest BCUT2D eigenvalue weighted by Gasteiger charge is -2.46. The van der Waals surface area contributed by atoms with E-state index >= 15 is 0 Å². The highest BCUT2D eigenvalue weighted by atomic mass is 16.6. The van der Waals surface area contributed by atoms with E-state index in [9.17, 15) is 19.2 Å². The summed E-state index contributed by atoms with van der Waals surface area (Å²) in [5.74, 6) is 0.684. The topological polar surface area (TPSA) is 105 Å². The molecule has 0 N–H and O–H groups in total. The Morgan fingerprint density at radius 1 is 0.485 bits per heavy atom. The number of carbonyl (C=O) groups is 4. The predicted molar refractivity (Wildman–Crippen MR) is 281 cm³/mol. The van der Waals surface area contributed by atoms with Gasteiger partial charge >= 0.3 is 23.9 Å². The van der Waals surface area contributed by atoms with Crippen molar-refractivity contribution in [3.05, 3.63) is 0 Å². The van der Waals surface area contributed by atoms with E-state index in [2.05, 4.69) is 55.4 Å². The van der Waals surface area contributed by atoms with E-state index in [1.807, 2.05) is 69.2 Å². The third-order valence-corrected chi connectivity index (χ3v) is 19.3. The molecule has 4 atom stereocenters. The molecule has 0 radical (unpaired) electrons. The van der Waals surface area contributed by atoms with Gasteiger partial charge in [0.25, 0.3) is 0 Å². The largest absolute Gasteiger partial charge is 0.459 e. The van der Waals surface area contributed by atoms with Crippen LogP contribution in [0.15, 0.2) is 0 Å². The number of ether oxygens (including phenoxy) is 4. The van der Waals surface area contributed by atoms with Crippen molar-refractivity contribution in [2.24, 2.45) is 38.9 Å². The van der Waals surface area contributed by atoms with Crippen molar-refractivity contribution in [3.8, 4) is 0 Å². The second kappa shape index (κ2) is 26.0. The summed E-state index contributed by atoms with van der Waals surface area (Å²) in [6.45, 7) is 37.6. The van der Waals surface area contributed by atoms with Crippen LogP contribution in [-0.4, -0.2) is 46.3 Å². The summed E-state index contributed by atoms with van der Waals surface area (Å²) >= 11 is 0. The van der Waals surface area contributed by atoms with Crippen LogP contribution in [0.5, 0.6) is 0 Å². The zero-order chi connectivity index (χ0) is 51.9. The molecule has 0 aromatic rings. The molecule has 0 spiro atoms. The molecule has 5 aliphatic carbocycles. The minimum atomic E-state index is -0.370. The summed E-state index contributed by atoms with van der Waals surface area (Å²) < 4.78 is 23.6. The van der Waals surface area contributed by atoms with E-state index in [0.29, 0.717) is 5.92 Å². The van der Waals surface area contributed by atoms with Gasteiger partial charge in [-0.2, -0.15) is 0 Å². The quantitative estimate of drug-likeness (QED) is 0.0963. The van der Waals surface area contributed by atoms with Crippen LogP contribution in [0.25, 0.3) is 0 Å². The molecule has 8 heteroatoms. The zero-order valence-electron chi connectivity index (χ0n) is 48.0. The first-order chi connectivity index (χ1) is 31.5. The van der Waals surface area contributed by atoms with E-state index in [4.69, 9.17) is 18.9 Å². The highest BCUT2D eigenvalue weighted by Gasteiger charge is 2.69. The van der Waals surface area contributed by atoms with E-state index < -0.39 is 0 Å². The number of carbonyl (C=O) groups excluding carboxylic acids is 4. The van der Waals surface area contributed by atoms with Crippen LogP contribution in [0.3, 0.4) is 0 Å². The summed E-state index contributed by atoms with van der Waals surface area (Å²) in [6, 6.07) is 0. The Kier molecular flexibility index (Phi) is 23.7. The number of rotatable bonds is 14. The standard InChI is InChI=1S/C17H30O2.C15H28O2.2C14H26O2/c1-8-14(2,3)13(18)19-17(7)11-12-9-10-16(17,6)15(12,4)5;1-5-14(3,4)13(16)17-15(6-2)11-9-7-8-10-12-15;1-5-13(2,3)12(15)16-14(4)10-8-6-7-9-11-14;1-4-12(3)13(15)16-14(5-2)10-8-6-7-9-11-14/h12H,8-11H2,1-7H3;5-12H2,1-4H3;5-11H2,1-4H3;12H,4-11H2,1-3H3. The van der Waals surface area contributed by atoms with Crippen molar-refractivity contribution in [3.63, 3.8) is 0 Å². The van der Waals surface area contributed by atoms with Crippen LogP contribution in [0.2, 0.25) is 0 Å². The van der Waals surface area contributed by atoms with Gasteiger partial charge in [0.15, 0.2) is 0 Å². The molecule has 0 aromatic carbocycles. The number of hydrogen-bond donors (Lipinski definition) is 0. The molecule has 0 heterocycles. The Morgan fingerprint density at radius 2 is 0.838 bits per heavy atom. The van der Waals surface area contributed by atoms with Gasteiger partial charge in [-0.15, -0.1) is 0 Å². The maximum absolute atomic E-state index is 12.5. The van der Waals surface area contributed by atoms with Gasteiger partial charge in [-0.3, -0.25) is 19.2 Å². The monoisotopic (exact) mass is 959 g/mol. The van der Waals surface area contributed by atoms with Crippen LogP contribution in [0.1, 0.15) is 298 Å². The molecule has 398 valence electrons. The average Bonchev–Trinajstić information content (AvgIpc) is 3.62. The molecule has 5 aliphatic rings. The fourth-order valence-electron chi connectivity index (χ4n) is 11.1. The van der Waals surface area contributed by atoms with Crippen LogP contribution >= 0.6 is 0 Å². The molecule has 5 fully saturated rings. The van der Waals surface area contributed by atoms with Gasteiger partial charge in [0.2, 0.25) is 0 Å². The predicted octanol–water partition coefficient (Wildman–Crippen LogP) is 17.2. The van der Waals surface area contributed by atoms with Crippen molar-refractivity contribution in [2.75, 3.05) is 0 Å². The summed E-state index contributed by atoms with van der Waals surface area (Å²) in [7, 11) is 0. The van der Waals surface area contributed by atoms with Crippen molar-refractivity contribution < 1.29 is 38.1 Å². The first-order valence-electron chi connectivity index (χ1n) is 28.4. The van der Waals surface area contributed by atoms with Gasteiger partial charge in [-0.25, -0.2) is 0 Å². The molecular formula is C60H110O8. The Balaban J connectivity index is 0.000000312. The second-order valence-corrected chi connectivity index (χ2v) is 25.6. The van der Waals surface area contributed by atoms with E-state index in [-0.39, 0.29) is 79.3 Å². The Labute approximate surface area is 419 Å². The van der Waals surface area contributed by atoms with E-state index in [1.54, 1.807) is 0 Å². The minimum Gasteiger partial charge on any atom is -0.459 e. The maximum atomic E-state index is 12.5. The van der Waals surface area contributed by atoms with Gasteiger partial charge in [0, 0.05) is 5.41 Å². The fourth-order valence-corrected chi connectivity index (χ4v) is 11.1. The normalized spacial score (nSPS) is 26.7. The van der Waals surface area contributed by atoms with Crippen LogP contribution in [-0.2, 0) is 38.1 Å². The zero-order valence-corrected chi connectivity index (χ0v) is 48.0. The second-order valence-electron chi connectivity index (χ2n) is 25.6. The highest BCUT2D eigenvalue weighted by Crippen LogP contribution is 2.70. The Morgan fingerprint density at radius 3 is 1.16 bits per heavy atom. The lowest BCUT2D eigenvalue weighted by atomic mass is 9.65. The summed E-state index contributed by atoms with van der Waals surface area (Å²) in [4.78, 5) is 48.6. The number of hydrogen-bond acceptors (Lipinski definition) is 8. The fraction of sp³-hybridized carbons (Fsp3) is 0.933. The molecule has 0 aromatic heterocycles. The first-order valence-corrected chi connectivity index (χ1v) is 28.4. The van der Waals surface area contributed by atoms with Crippen molar-refractivity contribution in [2.45, 2.75) is 320 Å². The van der Waals surface area contributed by atoms with Crippen LogP contribution in [0.4, 0.5) is 0 Å². The molecule has 0 amide bonds. The SMILES string of the molecule is CCC(C)(C)C(=O)OC1(C)CC2CCC1(C)C2(C)C.CCC(C)(C)C(=O)OC1(C)CCCCCC1.CCC(C)C(=O)OC1(CC)CCCCCC1.CCC1(OC(=O)C(C)(C)CC)CCCCCC1. The summed E-state index contributed by atoms with van der Waals surface area (Å²) in [5, 5.41) is 0. The molecule has 8 nitrogen and oxygen atoms in total. The van der Waals surface area contributed by atoms with Crippen LogP contribution < -0.4 is 0 Å². The smallest absolute Gasteiger partial charge is 0.312 e. The van der Waals surface area contributed by atoms with Crippen molar-refractivity contribution in [1.82, 2.24) is 0 Å². The van der Waals surface area contributed by atoms with E-state index in [1.165, 1.54) is 89.9 Å². The third kappa shape index (κ3) is 16.2. The van der Waals surface area contributed by atoms with Gasteiger partial charge < -0.3 is 18.9 Å². The number of fused-ring (bicyclic) bond motifs is 2. The molecule has 4 unspecified atom stereocenters. The summed E-state index contributed by atoms with van der Waals surface area (Å²) in [5.41, 5.74) is -1.46. The Hall–Kier alpha value is -2.12. The van der Waals surface area contributed by atoms with Gasteiger partial charge in [-0.1, -0.05) is 108 Å². The lowest BCUT2D eigenvalue weighted by molar-refractivity contribution is -0.185. The first kappa shape index (κ1) is 62.0. The van der Waals surface area contributed by atoms with Gasteiger partial charge in [0.1, 0.15) is 22.4 Å². The summed E-state index contributed by atoms with van der Waals surface area (Å²) in [6.07, 6.45) is 30.0. The van der Waals surface area contributed by atoms with Gasteiger partial charge in [0.05, 0.1) is 22.2 Å². The Bertz CT molecular complexity index is 1550. The lowest BCUT2D eigenvalue weighted by Crippen LogP contribution is -2.49. The molecule has 68 heavy (non-hydrogen) atoms. The minimum absolute atomic E-state index is 0.00579. The average molecular weight is 960 g/mol. The highest BCUT2D eigenvalue weighted by molar-refractivity contribution is 5.77. The third-order valence-electron chi connectivity index (χ3n) is 19.3. The van der Waals surface area contributed by atoms with Crippen LogP contribution in [0, 0.1) is 38.9 Å². The van der Waals surface area contributed by atoms with Crippen molar-refractivity contribution in [1.29, 1.82) is 0 Å². The van der Waals surface area contributed by atoms with E-state index in [0.717, 1.165) is 83.5 Å². The number of esters is 4. The molecule has 0 saturated heterocycles. The molecule has 5 rings (SSSR count). The maximum Gasteiger partial charge on any atom is 0.312 e. The molecular weight excluding hydrogens is 849 g/mol. The molecule has 5 saturated carbocycles.